The number of hydrogen-bond acceptors (Lipinski definition) is 12. The van der Waals surface area contributed by atoms with Crippen LogP contribution in [0.15, 0.2) is 36.9 Å². The van der Waals surface area contributed by atoms with Gasteiger partial charge in [0, 0.05) is 0 Å². The molecule has 3 heterocycles. The minimum Gasteiger partial charge on any atom is -0.387 e. The first-order valence-electron chi connectivity index (χ1n) is 12.2. The number of halogens is 1. The zero-order valence-electron chi connectivity index (χ0n) is 21.6. The van der Waals surface area contributed by atoms with E-state index in [1.54, 1.807) is 10.8 Å². The Balaban J connectivity index is 0.000000532. The predicted molar refractivity (Wildman–Crippen MR) is 143 cm³/mol. The lowest BCUT2D eigenvalue weighted by atomic mass is 10.1. The number of ether oxygens (including phenoxy) is 1. The van der Waals surface area contributed by atoms with Crippen molar-refractivity contribution in [2.75, 3.05) is 32.0 Å². The van der Waals surface area contributed by atoms with Crippen LogP contribution in [0.1, 0.15) is 37.4 Å². The van der Waals surface area contributed by atoms with Crippen molar-refractivity contribution in [2.24, 2.45) is 0 Å². The Morgan fingerprint density at radius 2 is 1.82 bits per heavy atom. The van der Waals surface area contributed by atoms with Crippen LogP contribution in [-0.2, 0) is 19.2 Å². The quantitative estimate of drug-likeness (QED) is 0.275. The first-order valence-corrected chi connectivity index (χ1v) is 13.9. The highest BCUT2D eigenvalue weighted by Crippen LogP contribution is 2.32. The summed E-state index contributed by atoms with van der Waals surface area (Å²) in [6, 6.07) is 5.85. The van der Waals surface area contributed by atoms with Crippen molar-refractivity contribution in [3.8, 4) is 0 Å². The van der Waals surface area contributed by atoms with Crippen molar-refractivity contribution in [3.63, 3.8) is 0 Å². The number of rotatable bonds is 9. The van der Waals surface area contributed by atoms with Crippen LogP contribution in [0.2, 0.25) is 5.02 Å². The molecule has 0 radical (unpaired) electrons. The molecule has 39 heavy (non-hydrogen) atoms. The number of fused-ring (bicyclic) bond motifs is 1. The summed E-state index contributed by atoms with van der Waals surface area (Å²) in [7, 11) is -4.57. The smallest absolute Gasteiger partial charge is 0.362 e. The Hall–Kier alpha value is -2.92. The van der Waals surface area contributed by atoms with Crippen molar-refractivity contribution >= 4 is 44.8 Å². The van der Waals surface area contributed by atoms with E-state index in [1.807, 2.05) is 0 Å². The molecule has 214 valence electrons. The van der Waals surface area contributed by atoms with Gasteiger partial charge in [0.25, 0.3) is 5.91 Å². The van der Waals surface area contributed by atoms with E-state index in [2.05, 4.69) is 40.6 Å². The lowest BCUT2D eigenvalue weighted by molar-refractivity contribution is -0.0468. The molecule has 0 saturated carbocycles. The SMILES string of the molecule is CCN(CC)CC.Nc1ncnc2c1ncn2[C@@H]1O[C@H](COS(=O)(=O)NC(=O)c2ccccc2Cl)[C@@H](O)[C@H]1O. The van der Waals surface area contributed by atoms with Crippen LogP contribution < -0.4 is 10.5 Å². The molecule has 1 aliphatic heterocycles. The Morgan fingerprint density at radius 1 is 1.15 bits per heavy atom. The van der Waals surface area contributed by atoms with Crippen molar-refractivity contribution in [2.45, 2.75) is 45.3 Å². The van der Waals surface area contributed by atoms with Gasteiger partial charge in [0.1, 0.15) is 30.2 Å². The number of aromatic nitrogens is 4. The number of nitrogens with one attached hydrogen (secondary N) is 1. The summed E-state index contributed by atoms with van der Waals surface area (Å²) >= 11 is 5.88. The molecule has 1 aliphatic rings. The summed E-state index contributed by atoms with van der Waals surface area (Å²) in [6.45, 7) is 9.43. The van der Waals surface area contributed by atoms with Crippen LogP contribution in [0.5, 0.6) is 0 Å². The Morgan fingerprint density at radius 3 is 2.44 bits per heavy atom. The predicted octanol–water partition coefficient (Wildman–Crippen LogP) is 0.721. The first-order chi connectivity index (χ1) is 18.5. The minimum atomic E-state index is -4.57. The van der Waals surface area contributed by atoms with Crippen molar-refractivity contribution in [3.05, 3.63) is 47.5 Å². The van der Waals surface area contributed by atoms with Gasteiger partial charge in [-0.15, -0.1) is 0 Å². The maximum Gasteiger partial charge on any atom is 0.362 e. The van der Waals surface area contributed by atoms with Gasteiger partial charge in [-0.25, -0.2) is 19.7 Å². The fourth-order valence-corrected chi connectivity index (χ4v) is 4.75. The average molecular weight is 586 g/mol. The summed E-state index contributed by atoms with van der Waals surface area (Å²) < 4.78 is 37.7. The molecular weight excluding hydrogens is 554 g/mol. The number of carbonyl (C=O) groups is 1. The lowest BCUT2D eigenvalue weighted by Gasteiger charge is -2.16. The maximum absolute atomic E-state index is 12.2. The number of carbonyl (C=O) groups excluding carboxylic acids is 1. The second kappa shape index (κ2) is 13.4. The molecule has 2 aromatic heterocycles. The molecule has 1 aromatic carbocycles. The van der Waals surface area contributed by atoms with Crippen LogP contribution in [0.3, 0.4) is 0 Å². The number of nitrogens with two attached hydrogens (primary N) is 1. The third kappa shape index (κ3) is 7.39. The largest absolute Gasteiger partial charge is 0.387 e. The van der Waals surface area contributed by atoms with Crippen molar-refractivity contribution < 1.29 is 32.3 Å². The fourth-order valence-electron chi connectivity index (χ4n) is 3.82. The fraction of sp³-hybridized carbons (Fsp3) is 0.478. The molecule has 14 nitrogen and oxygen atoms in total. The van der Waals surface area contributed by atoms with Crippen molar-refractivity contribution in [1.29, 1.82) is 0 Å². The van der Waals surface area contributed by atoms with E-state index in [9.17, 15) is 23.4 Å². The van der Waals surface area contributed by atoms with Gasteiger partial charge >= 0.3 is 10.3 Å². The van der Waals surface area contributed by atoms with Gasteiger partial charge in [0.05, 0.1) is 23.5 Å². The van der Waals surface area contributed by atoms with Gasteiger partial charge in [-0.2, -0.15) is 8.42 Å². The highest BCUT2D eigenvalue weighted by molar-refractivity contribution is 7.85. The highest BCUT2D eigenvalue weighted by atomic mass is 35.5. The summed E-state index contributed by atoms with van der Waals surface area (Å²) in [4.78, 5) is 26.4. The number of nitrogens with zero attached hydrogens (tertiary/aromatic N) is 5. The summed E-state index contributed by atoms with van der Waals surface area (Å²) in [5.41, 5.74) is 6.18. The second-order valence-electron chi connectivity index (χ2n) is 8.40. The molecule has 16 heteroatoms. The van der Waals surface area contributed by atoms with Crippen LogP contribution >= 0.6 is 11.6 Å². The number of aliphatic hydroxyl groups is 2. The molecule has 4 atom stereocenters. The van der Waals surface area contributed by atoms with E-state index in [4.69, 9.17) is 26.3 Å². The van der Waals surface area contributed by atoms with Crippen LogP contribution in [0, 0.1) is 0 Å². The molecule has 0 unspecified atom stereocenters. The summed E-state index contributed by atoms with van der Waals surface area (Å²) in [5, 5.41) is 20.7. The molecule has 1 fully saturated rings. The number of amides is 1. The van der Waals surface area contributed by atoms with Gasteiger partial charge in [-0.1, -0.05) is 44.5 Å². The molecule has 1 amide bonds. The first kappa shape index (κ1) is 30.6. The second-order valence-corrected chi connectivity index (χ2v) is 10.2. The third-order valence-electron chi connectivity index (χ3n) is 6.06. The molecule has 4 rings (SSSR count). The molecule has 0 bridgehead atoms. The van der Waals surface area contributed by atoms with E-state index in [0.29, 0.717) is 0 Å². The van der Waals surface area contributed by atoms with Gasteiger partial charge in [0.2, 0.25) is 0 Å². The van der Waals surface area contributed by atoms with E-state index >= 15 is 0 Å². The van der Waals surface area contributed by atoms with E-state index < -0.39 is 47.4 Å². The van der Waals surface area contributed by atoms with Gasteiger partial charge in [-0.3, -0.25) is 13.5 Å². The zero-order valence-corrected chi connectivity index (χ0v) is 23.2. The van der Waals surface area contributed by atoms with Crippen LogP contribution in [0.4, 0.5) is 5.82 Å². The Labute approximate surface area is 231 Å². The van der Waals surface area contributed by atoms with Crippen LogP contribution in [-0.4, -0.2) is 93.5 Å². The number of benzene rings is 1. The normalized spacial score (nSPS) is 21.1. The Kier molecular flexibility index (Phi) is 10.5. The number of nitrogen functional groups attached to an aromatic ring is 1. The van der Waals surface area contributed by atoms with E-state index in [0.717, 1.165) is 0 Å². The third-order valence-corrected chi connectivity index (χ3v) is 7.28. The topological polar surface area (TPSA) is 195 Å². The molecular formula is C23H32ClN7O7S. The maximum atomic E-state index is 12.2. The van der Waals surface area contributed by atoms with E-state index in [-0.39, 0.29) is 27.6 Å². The van der Waals surface area contributed by atoms with E-state index in [1.165, 1.54) is 55.1 Å². The number of imidazole rings is 1. The van der Waals surface area contributed by atoms with Crippen LogP contribution in [0.25, 0.3) is 11.2 Å². The molecule has 0 spiro atoms. The molecule has 1 saturated heterocycles. The lowest BCUT2D eigenvalue weighted by Crippen LogP contribution is -2.37. The van der Waals surface area contributed by atoms with Gasteiger partial charge in [0.15, 0.2) is 17.7 Å². The summed E-state index contributed by atoms with van der Waals surface area (Å²) in [6.07, 6.45) is -2.89. The highest BCUT2D eigenvalue weighted by Gasteiger charge is 2.45. The van der Waals surface area contributed by atoms with Gasteiger partial charge < -0.3 is 25.6 Å². The molecule has 3 aromatic rings. The van der Waals surface area contributed by atoms with Crippen molar-refractivity contribution in [1.82, 2.24) is 29.1 Å². The molecule has 0 aliphatic carbocycles. The number of aliphatic hydroxyl groups excluding tert-OH is 2. The zero-order chi connectivity index (χ0) is 28.7. The number of hydrogen-bond donors (Lipinski definition) is 4. The number of anilines is 1. The van der Waals surface area contributed by atoms with Gasteiger partial charge in [-0.05, 0) is 31.8 Å². The minimum absolute atomic E-state index is 0.0534. The standard InChI is InChI=1S/C17H17ClN6O7S.C6H15N/c18-9-4-2-1-3-8(9)16(27)23-32(28,29)30-5-10-12(25)13(26)17(31-10)24-7-22-11-14(19)20-6-21-15(11)24;1-4-7(5-2)6-3/h1-4,6-7,10,12-13,17,25-26H,5H2,(H,23,27)(H2,19,20,21);4-6H2,1-3H3/t10-,12-,13-,17-;/m1./s1. The monoisotopic (exact) mass is 585 g/mol. The molecule has 5 N–H and O–H groups in total. The average Bonchev–Trinajstić information content (AvgIpc) is 3.46. The summed E-state index contributed by atoms with van der Waals surface area (Å²) in [5.74, 6) is -0.884. The Bertz CT molecular complexity index is 1360.